The fourth-order valence-electron chi connectivity index (χ4n) is 2.96. The highest BCUT2D eigenvalue weighted by molar-refractivity contribution is 5.65. The van der Waals surface area contributed by atoms with Crippen molar-refractivity contribution in [2.24, 2.45) is 0 Å². The molecule has 106 valence electrons. The highest BCUT2D eigenvalue weighted by Gasteiger charge is 2.17. The van der Waals surface area contributed by atoms with Crippen LogP contribution < -0.4 is 5.32 Å². The van der Waals surface area contributed by atoms with Crippen molar-refractivity contribution >= 4 is 11.6 Å². The molecule has 0 atom stereocenters. The minimum Gasteiger partial charge on any atom is -0.368 e. The van der Waals surface area contributed by atoms with Crippen molar-refractivity contribution < 1.29 is 0 Å². The van der Waals surface area contributed by atoms with Crippen molar-refractivity contribution in [3.05, 3.63) is 42.7 Å². The van der Waals surface area contributed by atoms with Crippen LogP contribution >= 0.6 is 0 Å². The van der Waals surface area contributed by atoms with Gasteiger partial charge in [0.2, 0.25) is 0 Å². The molecule has 2 heterocycles. The molecule has 0 bridgehead atoms. The van der Waals surface area contributed by atoms with Gasteiger partial charge >= 0.3 is 0 Å². The van der Waals surface area contributed by atoms with Gasteiger partial charge in [0, 0.05) is 17.7 Å². The third-order valence-electron chi connectivity index (χ3n) is 4.06. The van der Waals surface area contributed by atoms with Crippen molar-refractivity contribution in [2.75, 3.05) is 5.32 Å². The van der Waals surface area contributed by atoms with Crippen molar-refractivity contribution in [1.29, 1.82) is 0 Å². The average molecular weight is 279 g/mol. The number of aromatic nitrogens is 4. The maximum absolute atomic E-state index is 4.59. The van der Waals surface area contributed by atoms with Gasteiger partial charge < -0.3 is 5.32 Å². The molecule has 21 heavy (non-hydrogen) atoms. The standard InChI is InChI=1S/C16H17N5/c1-2-6-12(7-3-1)14-10-15(18-13-8-4-5-9-13)21-11-17-20-16(21)19-14/h1-3,6-7,10-11,13,18H,4-5,8-9H2. The molecule has 0 radical (unpaired) electrons. The monoisotopic (exact) mass is 279 g/mol. The quantitative estimate of drug-likeness (QED) is 0.800. The van der Waals surface area contributed by atoms with Crippen LogP contribution in [0.15, 0.2) is 42.7 Å². The zero-order valence-electron chi connectivity index (χ0n) is 11.7. The van der Waals surface area contributed by atoms with Gasteiger partial charge in [0.1, 0.15) is 12.1 Å². The Morgan fingerprint density at radius 1 is 1.10 bits per heavy atom. The smallest absolute Gasteiger partial charge is 0.256 e. The lowest BCUT2D eigenvalue weighted by Crippen LogP contribution is -2.17. The first-order chi connectivity index (χ1) is 10.4. The molecule has 0 unspecified atom stereocenters. The van der Waals surface area contributed by atoms with Gasteiger partial charge in [0.15, 0.2) is 0 Å². The van der Waals surface area contributed by atoms with E-state index in [1.165, 1.54) is 25.7 Å². The first kappa shape index (κ1) is 12.3. The number of fused-ring (bicyclic) bond motifs is 1. The summed E-state index contributed by atoms with van der Waals surface area (Å²) in [4.78, 5) is 4.59. The molecule has 0 aliphatic heterocycles. The number of hydrogen-bond donors (Lipinski definition) is 1. The molecule has 1 fully saturated rings. The van der Waals surface area contributed by atoms with Gasteiger partial charge in [-0.2, -0.15) is 0 Å². The summed E-state index contributed by atoms with van der Waals surface area (Å²) in [6.07, 6.45) is 6.78. The Balaban J connectivity index is 1.78. The van der Waals surface area contributed by atoms with E-state index < -0.39 is 0 Å². The Hall–Kier alpha value is -2.43. The predicted molar refractivity (Wildman–Crippen MR) is 82.1 cm³/mol. The molecule has 4 rings (SSSR count). The van der Waals surface area contributed by atoms with Crippen LogP contribution in [0.5, 0.6) is 0 Å². The van der Waals surface area contributed by atoms with Crippen LogP contribution in [0.4, 0.5) is 5.82 Å². The van der Waals surface area contributed by atoms with E-state index in [2.05, 4.69) is 38.7 Å². The van der Waals surface area contributed by atoms with Crippen LogP contribution in [-0.2, 0) is 0 Å². The normalized spacial score (nSPS) is 15.6. The summed E-state index contributed by atoms with van der Waals surface area (Å²) in [6, 6.07) is 12.8. The number of rotatable bonds is 3. The Labute approximate surface area is 123 Å². The molecule has 3 aromatic rings. The minimum absolute atomic E-state index is 0.543. The maximum atomic E-state index is 4.59. The van der Waals surface area contributed by atoms with Crippen LogP contribution in [0.3, 0.4) is 0 Å². The third-order valence-corrected chi connectivity index (χ3v) is 4.06. The van der Waals surface area contributed by atoms with Gasteiger partial charge in [0.25, 0.3) is 5.78 Å². The highest BCUT2D eigenvalue weighted by atomic mass is 15.3. The maximum Gasteiger partial charge on any atom is 0.256 e. The van der Waals surface area contributed by atoms with Crippen LogP contribution in [0, 0.1) is 0 Å². The van der Waals surface area contributed by atoms with E-state index in [0.29, 0.717) is 11.8 Å². The summed E-state index contributed by atoms with van der Waals surface area (Å²) in [5.41, 5.74) is 2.02. The van der Waals surface area contributed by atoms with Crippen molar-refractivity contribution in [3.8, 4) is 11.3 Å². The van der Waals surface area contributed by atoms with Gasteiger partial charge in [-0.25, -0.2) is 4.98 Å². The minimum atomic E-state index is 0.543. The number of nitrogens with one attached hydrogen (secondary N) is 1. The second-order valence-electron chi connectivity index (χ2n) is 5.52. The molecular weight excluding hydrogens is 262 g/mol. The number of benzene rings is 1. The van der Waals surface area contributed by atoms with Gasteiger partial charge in [-0.05, 0) is 12.8 Å². The molecule has 5 nitrogen and oxygen atoms in total. The Kier molecular flexibility index (Phi) is 3.03. The number of nitrogens with zero attached hydrogens (tertiary/aromatic N) is 4. The Morgan fingerprint density at radius 3 is 2.71 bits per heavy atom. The van der Waals surface area contributed by atoms with Crippen molar-refractivity contribution in [2.45, 2.75) is 31.7 Å². The van der Waals surface area contributed by atoms with E-state index in [9.17, 15) is 0 Å². The van der Waals surface area contributed by atoms with Crippen LogP contribution in [0.1, 0.15) is 25.7 Å². The van der Waals surface area contributed by atoms with E-state index in [0.717, 1.165) is 17.1 Å². The first-order valence-corrected chi connectivity index (χ1v) is 7.43. The van der Waals surface area contributed by atoms with Gasteiger partial charge in [0.05, 0.1) is 5.69 Å². The second-order valence-corrected chi connectivity index (χ2v) is 5.52. The van der Waals surface area contributed by atoms with E-state index >= 15 is 0 Å². The summed E-state index contributed by atoms with van der Waals surface area (Å²) in [5, 5.41) is 11.7. The predicted octanol–water partition coefficient (Wildman–Crippen LogP) is 3.15. The molecule has 1 aliphatic rings. The summed E-state index contributed by atoms with van der Waals surface area (Å²) in [5.74, 6) is 1.66. The van der Waals surface area contributed by atoms with E-state index in [1.807, 2.05) is 22.6 Å². The Morgan fingerprint density at radius 2 is 1.90 bits per heavy atom. The molecule has 0 amide bonds. The molecular formula is C16H17N5. The average Bonchev–Trinajstić information content (AvgIpc) is 3.19. The largest absolute Gasteiger partial charge is 0.368 e. The van der Waals surface area contributed by atoms with Crippen LogP contribution in [-0.4, -0.2) is 25.6 Å². The number of anilines is 1. The zero-order chi connectivity index (χ0) is 14.1. The molecule has 1 saturated carbocycles. The lowest BCUT2D eigenvalue weighted by molar-refractivity contribution is 0.747. The lowest BCUT2D eigenvalue weighted by Gasteiger charge is -2.15. The SMILES string of the molecule is c1ccc(-c2cc(NC3CCCC3)n3cnnc3n2)cc1. The Bertz CT molecular complexity index is 744. The van der Waals surface area contributed by atoms with Crippen molar-refractivity contribution in [1.82, 2.24) is 19.6 Å². The topological polar surface area (TPSA) is 55.1 Å². The third kappa shape index (κ3) is 2.35. The molecule has 5 heteroatoms. The first-order valence-electron chi connectivity index (χ1n) is 7.43. The van der Waals surface area contributed by atoms with Gasteiger partial charge in [-0.1, -0.05) is 43.2 Å². The molecule has 1 aromatic carbocycles. The lowest BCUT2D eigenvalue weighted by atomic mass is 10.1. The van der Waals surface area contributed by atoms with E-state index in [4.69, 9.17) is 0 Å². The van der Waals surface area contributed by atoms with Crippen LogP contribution in [0.25, 0.3) is 17.0 Å². The molecule has 2 aromatic heterocycles. The van der Waals surface area contributed by atoms with Gasteiger partial charge in [-0.15, -0.1) is 10.2 Å². The molecule has 1 aliphatic carbocycles. The van der Waals surface area contributed by atoms with E-state index in [-0.39, 0.29) is 0 Å². The summed E-state index contributed by atoms with van der Waals surface area (Å²) < 4.78 is 1.92. The molecule has 1 N–H and O–H groups in total. The summed E-state index contributed by atoms with van der Waals surface area (Å²) in [7, 11) is 0. The summed E-state index contributed by atoms with van der Waals surface area (Å²) >= 11 is 0. The second kappa shape index (κ2) is 5.16. The highest BCUT2D eigenvalue weighted by Crippen LogP contribution is 2.25. The van der Waals surface area contributed by atoms with Gasteiger partial charge in [-0.3, -0.25) is 4.40 Å². The van der Waals surface area contributed by atoms with E-state index in [1.54, 1.807) is 6.33 Å². The zero-order valence-corrected chi connectivity index (χ0v) is 11.7. The summed E-state index contributed by atoms with van der Waals surface area (Å²) in [6.45, 7) is 0. The number of hydrogen-bond acceptors (Lipinski definition) is 4. The molecule has 0 saturated heterocycles. The van der Waals surface area contributed by atoms with Crippen molar-refractivity contribution in [3.63, 3.8) is 0 Å². The fraction of sp³-hybridized carbons (Fsp3) is 0.312. The molecule has 0 spiro atoms. The fourth-order valence-corrected chi connectivity index (χ4v) is 2.96. The van der Waals surface area contributed by atoms with Crippen LogP contribution in [0.2, 0.25) is 0 Å².